The number of nitrogens with zero attached hydrogens (tertiary/aromatic N) is 3. The fourth-order valence-corrected chi connectivity index (χ4v) is 1.35. The minimum Gasteiger partial charge on any atom is -0.476 e. The van der Waals surface area contributed by atoms with Gasteiger partial charge in [0.2, 0.25) is 0 Å². The Kier molecular flexibility index (Phi) is 2.58. The summed E-state index contributed by atoms with van der Waals surface area (Å²) in [6.07, 6.45) is 2.40. The van der Waals surface area contributed by atoms with Crippen LogP contribution < -0.4 is 0 Å². The van der Waals surface area contributed by atoms with E-state index < -0.39 is 11.8 Å². The van der Waals surface area contributed by atoms with Crippen molar-refractivity contribution in [1.82, 2.24) is 9.55 Å². The van der Waals surface area contributed by atoms with E-state index in [2.05, 4.69) is 4.98 Å². The molecule has 0 aliphatic heterocycles. The Morgan fingerprint density at radius 2 is 2.29 bits per heavy atom. The van der Waals surface area contributed by atoms with Crippen molar-refractivity contribution >= 4 is 5.97 Å². The third-order valence-corrected chi connectivity index (χ3v) is 2.16. The van der Waals surface area contributed by atoms with Crippen molar-refractivity contribution in [2.24, 2.45) is 0 Å². The first-order valence-electron chi connectivity index (χ1n) is 4.59. The maximum absolute atomic E-state index is 13.6. The standard InChI is InChI=1S/C11H6FN3O2/c12-8-3-7(4-13)1-2-10(8)15-5-9(11(16)17)14-6-15/h1-3,5-6H,(H,16,17). The van der Waals surface area contributed by atoms with Crippen molar-refractivity contribution in [1.29, 1.82) is 5.26 Å². The number of aromatic carboxylic acids is 1. The molecule has 5 nitrogen and oxygen atoms in total. The molecule has 84 valence electrons. The lowest BCUT2D eigenvalue weighted by Gasteiger charge is -2.03. The Balaban J connectivity index is 2.46. The molecule has 6 heteroatoms. The predicted octanol–water partition coefficient (Wildman–Crippen LogP) is 1.58. The molecule has 2 aromatic rings. The Bertz CT molecular complexity index is 628. The molecule has 1 heterocycles. The van der Waals surface area contributed by atoms with Crippen LogP contribution in [-0.4, -0.2) is 20.6 Å². The van der Waals surface area contributed by atoms with Gasteiger partial charge >= 0.3 is 5.97 Å². The summed E-state index contributed by atoms with van der Waals surface area (Å²) in [7, 11) is 0. The van der Waals surface area contributed by atoms with Gasteiger partial charge in [0.15, 0.2) is 5.69 Å². The van der Waals surface area contributed by atoms with E-state index in [0.29, 0.717) is 0 Å². The molecule has 0 unspecified atom stereocenters. The van der Waals surface area contributed by atoms with Gasteiger partial charge in [-0.2, -0.15) is 5.26 Å². The third kappa shape index (κ3) is 1.99. The topological polar surface area (TPSA) is 78.9 Å². The number of imidazole rings is 1. The number of carbonyl (C=O) groups is 1. The number of hydrogen-bond donors (Lipinski definition) is 1. The van der Waals surface area contributed by atoms with Crippen molar-refractivity contribution in [3.05, 3.63) is 47.8 Å². The Hall–Kier alpha value is -2.68. The second-order valence-electron chi connectivity index (χ2n) is 3.25. The number of aromatic nitrogens is 2. The fourth-order valence-electron chi connectivity index (χ4n) is 1.35. The van der Waals surface area contributed by atoms with Crippen molar-refractivity contribution in [3.63, 3.8) is 0 Å². The summed E-state index contributed by atoms with van der Waals surface area (Å²) in [5.74, 6) is -1.80. The lowest BCUT2D eigenvalue weighted by Crippen LogP contribution is -1.97. The van der Waals surface area contributed by atoms with E-state index in [1.54, 1.807) is 0 Å². The van der Waals surface area contributed by atoms with E-state index in [1.807, 2.05) is 6.07 Å². The van der Waals surface area contributed by atoms with Gasteiger partial charge in [-0.15, -0.1) is 0 Å². The molecule has 0 spiro atoms. The van der Waals surface area contributed by atoms with Crippen LogP contribution in [-0.2, 0) is 0 Å². The summed E-state index contributed by atoms with van der Waals surface area (Å²) < 4.78 is 14.8. The van der Waals surface area contributed by atoms with Crippen LogP contribution in [0.2, 0.25) is 0 Å². The van der Waals surface area contributed by atoms with Crippen molar-refractivity contribution in [2.45, 2.75) is 0 Å². The normalized spacial score (nSPS) is 9.88. The average Bonchev–Trinajstić information content (AvgIpc) is 2.78. The first-order valence-corrected chi connectivity index (χ1v) is 4.59. The van der Waals surface area contributed by atoms with Crippen LogP contribution in [0.1, 0.15) is 16.1 Å². The molecule has 0 fully saturated rings. The monoisotopic (exact) mass is 231 g/mol. The van der Waals surface area contributed by atoms with Gasteiger partial charge in [-0.25, -0.2) is 14.2 Å². The highest BCUT2D eigenvalue weighted by molar-refractivity contribution is 5.85. The van der Waals surface area contributed by atoms with Gasteiger partial charge in [0.05, 0.1) is 17.3 Å². The summed E-state index contributed by atoms with van der Waals surface area (Å²) in [4.78, 5) is 14.2. The van der Waals surface area contributed by atoms with Crippen LogP contribution in [0, 0.1) is 17.1 Å². The molecular weight excluding hydrogens is 225 g/mol. The largest absolute Gasteiger partial charge is 0.476 e. The Morgan fingerprint density at radius 3 is 2.82 bits per heavy atom. The number of halogens is 1. The molecule has 17 heavy (non-hydrogen) atoms. The molecule has 0 aliphatic carbocycles. The summed E-state index contributed by atoms with van der Waals surface area (Å²) in [5.41, 5.74) is 0.169. The molecule has 1 aromatic carbocycles. The number of hydrogen-bond acceptors (Lipinski definition) is 3. The van der Waals surface area contributed by atoms with Crippen LogP contribution >= 0.6 is 0 Å². The summed E-state index contributed by atoms with van der Waals surface area (Å²) in [5, 5.41) is 17.3. The van der Waals surface area contributed by atoms with E-state index in [0.717, 1.165) is 6.07 Å². The Morgan fingerprint density at radius 1 is 1.53 bits per heavy atom. The van der Waals surface area contributed by atoms with E-state index in [9.17, 15) is 9.18 Å². The van der Waals surface area contributed by atoms with Gasteiger partial charge in [0.25, 0.3) is 0 Å². The highest BCUT2D eigenvalue weighted by atomic mass is 19.1. The van der Waals surface area contributed by atoms with Crippen LogP contribution in [0.25, 0.3) is 5.69 Å². The number of carboxylic acid groups (broad SMARTS) is 1. The number of carboxylic acids is 1. The second kappa shape index (κ2) is 4.06. The van der Waals surface area contributed by atoms with Crippen LogP contribution in [0.3, 0.4) is 0 Å². The van der Waals surface area contributed by atoms with Gasteiger partial charge in [-0.3, -0.25) is 0 Å². The molecule has 0 saturated carbocycles. The molecule has 0 aliphatic rings. The SMILES string of the molecule is N#Cc1ccc(-n2cnc(C(=O)O)c2)c(F)c1. The van der Waals surface area contributed by atoms with Gasteiger partial charge in [-0.05, 0) is 18.2 Å². The lowest BCUT2D eigenvalue weighted by molar-refractivity contribution is 0.0691. The maximum Gasteiger partial charge on any atom is 0.356 e. The molecule has 0 amide bonds. The van der Waals surface area contributed by atoms with Crippen LogP contribution in [0.15, 0.2) is 30.7 Å². The molecule has 0 saturated heterocycles. The van der Waals surface area contributed by atoms with Gasteiger partial charge in [0, 0.05) is 6.20 Å². The fraction of sp³-hybridized carbons (Fsp3) is 0. The van der Waals surface area contributed by atoms with Crippen LogP contribution in [0.4, 0.5) is 4.39 Å². The summed E-state index contributed by atoms with van der Waals surface area (Å²) >= 11 is 0. The maximum atomic E-state index is 13.6. The minimum atomic E-state index is -1.18. The molecule has 0 atom stereocenters. The summed E-state index contributed by atoms with van der Waals surface area (Å²) in [6, 6.07) is 5.72. The van der Waals surface area contributed by atoms with Crippen LogP contribution in [0.5, 0.6) is 0 Å². The third-order valence-electron chi connectivity index (χ3n) is 2.16. The van der Waals surface area contributed by atoms with Crippen molar-refractivity contribution < 1.29 is 14.3 Å². The first kappa shape index (κ1) is 10.8. The van der Waals surface area contributed by atoms with E-state index in [4.69, 9.17) is 10.4 Å². The first-order chi connectivity index (χ1) is 8.11. The molecule has 1 N–H and O–H groups in total. The minimum absolute atomic E-state index is 0.143. The van der Waals surface area contributed by atoms with Crippen molar-refractivity contribution in [3.8, 4) is 11.8 Å². The predicted molar refractivity (Wildman–Crippen MR) is 55.2 cm³/mol. The lowest BCUT2D eigenvalue weighted by atomic mass is 10.2. The van der Waals surface area contributed by atoms with E-state index in [-0.39, 0.29) is 16.9 Å². The smallest absolute Gasteiger partial charge is 0.356 e. The van der Waals surface area contributed by atoms with Gasteiger partial charge < -0.3 is 9.67 Å². The highest BCUT2D eigenvalue weighted by Crippen LogP contribution is 2.15. The molecular formula is C11H6FN3O2. The number of rotatable bonds is 2. The molecule has 2 rings (SSSR count). The number of benzene rings is 1. The highest BCUT2D eigenvalue weighted by Gasteiger charge is 2.10. The van der Waals surface area contributed by atoms with Gasteiger partial charge in [-0.1, -0.05) is 0 Å². The molecule has 0 bridgehead atoms. The zero-order valence-corrected chi connectivity index (χ0v) is 8.46. The van der Waals surface area contributed by atoms with E-state index in [1.165, 1.54) is 29.2 Å². The quantitative estimate of drug-likeness (QED) is 0.850. The van der Waals surface area contributed by atoms with Gasteiger partial charge in [0.1, 0.15) is 12.1 Å². The zero-order valence-electron chi connectivity index (χ0n) is 8.46. The zero-order chi connectivity index (χ0) is 12.4. The summed E-state index contributed by atoms with van der Waals surface area (Å²) in [6.45, 7) is 0. The molecule has 0 radical (unpaired) electrons. The van der Waals surface area contributed by atoms with E-state index >= 15 is 0 Å². The molecule has 1 aromatic heterocycles. The Labute approximate surface area is 95.4 Å². The average molecular weight is 231 g/mol. The second-order valence-corrected chi connectivity index (χ2v) is 3.25. The van der Waals surface area contributed by atoms with Crippen molar-refractivity contribution in [2.75, 3.05) is 0 Å². The number of nitriles is 1.